The van der Waals surface area contributed by atoms with Crippen molar-refractivity contribution in [2.75, 3.05) is 0 Å². The van der Waals surface area contributed by atoms with Gasteiger partial charge in [-0.05, 0) is 48.6 Å². The third-order valence-electron chi connectivity index (χ3n) is 2.33. The Balaban J connectivity index is 2.08. The molecular formula is C12H14IN3O. The van der Waals surface area contributed by atoms with Gasteiger partial charge >= 0.3 is 0 Å². The van der Waals surface area contributed by atoms with Gasteiger partial charge in [-0.15, -0.1) is 0 Å². The molecule has 0 bridgehead atoms. The molecule has 1 heterocycles. The Morgan fingerprint density at radius 1 is 1.35 bits per heavy atom. The lowest BCUT2D eigenvalue weighted by atomic mass is 10.3. The summed E-state index contributed by atoms with van der Waals surface area (Å²) in [6.07, 6.45) is 1.56. The maximum absolute atomic E-state index is 5.74. The van der Waals surface area contributed by atoms with E-state index in [4.69, 9.17) is 4.74 Å². The van der Waals surface area contributed by atoms with Crippen LogP contribution in [0, 0.1) is 3.57 Å². The molecule has 0 atom stereocenters. The van der Waals surface area contributed by atoms with Gasteiger partial charge in [0, 0.05) is 6.04 Å². The number of ether oxygens (including phenoxy) is 1. The Hall–Kier alpha value is -1.11. The first kappa shape index (κ1) is 12.3. The third-order valence-corrected chi connectivity index (χ3v) is 3.22. The standard InChI is InChI=1S/C12H14IN3O/c1-9(2)16-12(14-8-15-16)7-17-11-6-4-3-5-10(11)13/h3-6,8-9H,7H2,1-2H3. The van der Waals surface area contributed by atoms with Crippen molar-refractivity contribution >= 4 is 22.6 Å². The Morgan fingerprint density at radius 3 is 2.82 bits per heavy atom. The molecule has 0 saturated carbocycles. The molecule has 0 aliphatic heterocycles. The molecule has 0 fully saturated rings. The quantitative estimate of drug-likeness (QED) is 0.801. The Labute approximate surface area is 114 Å². The van der Waals surface area contributed by atoms with Crippen molar-refractivity contribution in [3.05, 3.63) is 40.0 Å². The monoisotopic (exact) mass is 343 g/mol. The van der Waals surface area contributed by atoms with E-state index in [2.05, 4.69) is 46.5 Å². The fraction of sp³-hybridized carbons (Fsp3) is 0.333. The maximum atomic E-state index is 5.74. The van der Waals surface area contributed by atoms with E-state index >= 15 is 0 Å². The zero-order valence-corrected chi connectivity index (χ0v) is 12.0. The number of benzene rings is 1. The van der Waals surface area contributed by atoms with Gasteiger partial charge in [0.1, 0.15) is 18.7 Å². The third kappa shape index (κ3) is 2.96. The molecular weight excluding hydrogens is 329 g/mol. The van der Waals surface area contributed by atoms with E-state index in [1.807, 2.05) is 28.9 Å². The van der Waals surface area contributed by atoms with Crippen LogP contribution in [-0.4, -0.2) is 14.8 Å². The molecule has 2 aromatic rings. The summed E-state index contributed by atoms with van der Waals surface area (Å²) in [6.45, 7) is 4.59. The van der Waals surface area contributed by atoms with Gasteiger partial charge in [0.2, 0.25) is 0 Å². The van der Waals surface area contributed by atoms with E-state index in [-0.39, 0.29) is 0 Å². The van der Waals surface area contributed by atoms with Gasteiger partial charge in [-0.1, -0.05) is 12.1 Å². The summed E-state index contributed by atoms with van der Waals surface area (Å²) in [5, 5.41) is 4.17. The summed E-state index contributed by atoms with van der Waals surface area (Å²) in [5.74, 6) is 1.73. The first-order chi connectivity index (χ1) is 8.18. The highest BCUT2D eigenvalue weighted by atomic mass is 127. The van der Waals surface area contributed by atoms with Gasteiger partial charge in [-0.25, -0.2) is 9.67 Å². The van der Waals surface area contributed by atoms with E-state index in [0.717, 1.165) is 15.1 Å². The van der Waals surface area contributed by atoms with Crippen LogP contribution in [-0.2, 0) is 6.61 Å². The SMILES string of the molecule is CC(C)n1ncnc1COc1ccccc1I. The molecule has 1 aromatic heterocycles. The van der Waals surface area contributed by atoms with Crippen LogP contribution in [0.15, 0.2) is 30.6 Å². The first-order valence-corrected chi connectivity index (χ1v) is 6.52. The van der Waals surface area contributed by atoms with Crippen LogP contribution in [0.2, 0.25) is 0 Å². The first-order valence-electron chi connectivity index (χ1n) is 5.44. The number of hydrogen-bond acceptors (Lipinski definition) is 3. The summed E-state index contributed by atoms with van der Waals surface area (Å²) < 4.78 is 8.71. The molecule has 0 unspecified atom stereocenters. The average Bonchev–Trinajstić information content (AvgIpc) is 2.76. The van der Waals surface area contributed by atoms with Gasteiger partial charge in [0.25, 0.3) is 0 Å². The molecule has 2 rings (SSSR count). The van der Waals surface area contributed by atoms with Crippen molar-refractivity contribution in [1.82, 2.24) is 14.8 Å². The van der Waals surface area contributed by atoms with E-state index in [1.165, 1.54) is 0 Å². The minimum Gasteiger partial charge on any atom is -0.485 e. The molecule has 17 heavy (non-hydrogen) atoms. The van der Waals surface area contributed by atoms with E-state index in [1.54, 1.807) is 6.33 Å². The lowest BCUT2D eigenvalue weighted by Crippen LogP contribution is -2.11. The van der Waals surface area contributed by atoms with Crippen LogP contribution in [0.5, 0.6) is 5.75 Å². The van der Waals surface area contributed by atoms with Gasteiger partial charge in [-0.2, -0.15) is 5.10 Å². The maximum Gasteiger partial charge on any atom is 0.165 e. The highest BCUT2D eigenvalue weighted by Gasteiger charge is 2.08. The summed E-state index contributed by atoms with van der Waals surface area (Å²) in [5.41, 5.74) is 0. The highest BCUT2D eigenvalue weighted by molar-refractivity contribution is 14.1. The predicted octanol–water partition coefficient (Wildman–Crippen LogP) is 3.04. The van der Waals surface area contributed by atoms with Crippen LogP contribution >= 0.6 is 22.6 Å². The molecule has 5 heteroatoms. The molecule has 4 nitrogen and oxygen atoms in total. The molecule has 0 N–H and O–H groups in total. The van der Waals surface area contributed by atoms with Gasteiger partial charge in [0.15, 0.2) is 5.82 Å². The summed E-state index contributed by atoms with van der Waals surface area (Å²) >= 11 is 2.26. The number of halogens is 1. The summed E-state index contributed by atoms with van der Waals surface area (Å²) in [7, 11) is 0. The minimum atomic E-state index is 0.297. The molecule has 0 radical (unpaired) electrons. The molecule has 0 spiro atoms. The molecule has 0 aliphatic carbocycles. The van der Waals surface area contributed by atoms with Gasteiger partial charge < -0.3 is 4.74 Å². The van der Waals surface area contributed by atoms with Crippen molar-refractivity contribution in [3.63, 3.8) is 0 Å². The van der Waals surface area contributed by atoms with Gasteiger partial charge in [-0.3, -0.25) is 0 Å². The topological polar surface area (TPSA) is 39.9 Å². The number of para-hydroxylation sites is 1. The highest BCUT2D eigenvalue weighted by Crippen LogP contribution is 2.20. The number of nitrogens with zero attached hydrogens (tertiary/aromatic N) is 3. The van der Waals surface area contributed by atoms with E-state index in [0.29, 0.717) is 12.6 Å². The largest absolute Gasteiger partial charge is 0.485 e. The van der Waals surface area contributed by atoms with Crippen LogP contribution < -0.4 is 4.74 Å². The Morgan fingerprint density at radius 2 is 2.12 bits per heavy atom. The second kappa shape index (κ2) is 5.48. The smallest absolute Gasteiger partial charge is 0.165 e. The molecule has 0 saturated heterocycles. The molecule has 1 aromatic carbocycles. The van der Waals surface area contributed by atoms with Crippen molar-refractivity contribution in [2.45, 2.75) is 26.5 Å². The van der Waals surface area contributed by atoms with Crippen LogP contribution in [0.1, 0.15) is 25.7 Å². The zero-order valence-electron chi connectivity index (χ0n) is 9.80. The lowest BCUT2D eigenvalue weighted by Gasteiger charge is -2.11. The van der Waals surface area contributed by atoms with Crippen molar-refractivity contribution < 1.29 is 4.74 Å². The van der Waals surface area contributed by atoms with Crippen molar-refractivity contribution in [3.8, 4) is 5.75 Å². The van der Waals surface area contributed by atoms with E-state index < -0.39 is 0 Å². The Bertz CT molecular complexity index is 496. The Kier molecular flexibility index (Phi) is 3.98. The second-order valence-corrected chi connectivity index (χ2v) is 5.10. The normalized spacial score (nSPS) is 10.8. The molecule has 0 aliphatic rings. The van der Waals surface area contributed by atoms with E-state index in [9.17, 15) is 0 Å². The summed E-state index contributed by atoms with van der Waals surface area (Å²) in [4.78, 5) is 4.21. The van der Waals surface area contributed by atoms with Crippen LogP contribution in [0.4, 0.5) is 0 Å². The lowest BCUT2D eigenvalue weighted by molar-refractivity contribution is 0.280. The zero-order chi connectivity index (χ0) is 12.3. The van der Waals surface area contributed by atoms with Gasteiger partial charge in [0.05, 0.1) is 3.57 Å². The number of hydrogen-bond donors (Lipinski definition) is 0. The number of aromatic nitrogens is 3. The molecule has 0 amide bonds. The fourth-order valence-corrected chi connectivity index (χ4v) is 2.06. The minimum absolute atomic E-state index is 0.297. The van der Waals surface area contributed by atoms with Crippen molar-refractivity contribution in [2.24, 2.45) is 0 Å². The van der Waals surface area contributed by atoms with Crippen LogP contribution in [0.3, 0.4) is 0 Å². The fourth-order valence-electron chi connectivity index (χ4n) is 1.51. The molecule has 90 valence electrons. The second-order valence-electron chi connectivity index (χ2n) is 3.93. The number of rotatable bonds is 4. The summed E-state index contributed by atoms with van der Waals surface area (Å²) in [6, 6.07) is 8.22. The predicted molar refractivity (Wildman–Crippen MR) is 73.9 cm³/mol. The average molecular weight is 343 g/mol. The van der Waals surface area contributed by atoms with Crippen molar-refractivity contribution in [1.29, 1.82) is 0 Å². The van der Waals surface area contributed by atoms with Crippen LogP contribution in [0.25, 0.3) is 0 Å².